The van der Waals surface area contributed by atoms with E-state index in [1.807, 2.05) is 54.6 Å². The van der Waals surface area contributed by atoms with Crippen LogP contribution in [0.1, 0.15) is 18.1 Å². The summed E-state index contributed by atoms with van der Waals surface area (Å²) < 4.78 is 10.7. The molecule has 0 radical (unpaired) electrons. The van der Waals surface area contributed by atoms with Crippen LogP contribution in [0.15, 0.2) is 54.6 Å². The van der Waals surface area contributed by atoms with Crippen LogP contribution in [0.25, 0.3) is 0 Å². The Labute approximate surface area is 119 Å². The maximum atomic E-state index is 11.4. The second-order valence-corrected chi connectivity index (χ2v) is 4.40. The summed E-state index contributed by atoms with van der Waals surface area (Å²) in [5.74, 6) is 0.545. The zero-order valence-electron chi connectivity index (χ0n) is 11.5. The normalized spacial score (nSPS) is 10.1. The minimum Gasteiger partial charge on any atom is -0.489 e. The summed E-state index contributed by atoms with van der Waals surface area (Å²) in [5.41, 5.74) is 2.01. The van der Waals surface area contributed by atoms with Gasteiger partial charge in [-0.3, -0.25) is 4.79 Å². The molecule has 104 valence electrons. The molecule has 0 fully saturated rings. The van der Waals surface area contributed by atoms with Crippen LogP contribution < -0.4 is 4.74 Å². The smallest absolute Gasteiger partial charge is 0.310 e. The van der Waals surface area contributed by atoms with E-state index < -0.39 is 0 Å². The molecule has 2 aromatic carbocycles. The lowest BCUT2D eigenvalue weighted by atomic mass is 10.1. The quantitative estimate of drug-likeness (QED) is 0.755. The number of rotatable bonds is 6. The summed E-state index contributed by atoms with van der Waals surface area (Å²) in [6, 6.07) is 17.5. The lowest BCUT2D eigenvalue weighted by Crippen LogP contribution is -2.07. The number of hydrogen-bond donors (Lipinski definition) is 0. The summed E-state index contributed by atoms with van der Waals surface area (Å²) in [4.78, 5) is 11.4. The number of esters is 1. The van der Waals surface area contributed by atoms with Crippen LogP contribution in [0.5, 0.6) is 5.75 Å². The number of benzene rings is 2. The van der Waals surface area contributed by atoms with Gasteiger partial charge in [0.2, 0.25) is 0 Å². The van der Waals surface area contributed by atoms with E-state index in [1.165, 1.54) is 0 Å². The average molecular weight is 270 g/mol. The molecule has 0 aliphatic heterocycles. The molecule has 0 atom stereocenters. The van der Waals surface area contributed by atoms with Crippen LogP contribution in [0.2, 0.25) is 0 Å². The van der Waals surface area contributed by atoms with E-state index in [9.17, 15) is 4.79 Å². The highest BCUT2D eigenvalue weighted by Gasteiger charge is 2.05. The van der Waals surface area contributed by atoms with E-state index in [1.54, 1.807) is 6.92 Å². The number of hydrogen-bond acceptors (Lipinski definition) is 3. The molecule has 3 heteroatoms. The maximum absolute atomic E-state index is 11.4. The topological polar surface area (TPSA) is 35.5 Å². The van der Waals surface area contributed by atoms with Gasteiger partial charge >= 0.3 is 5.97 Å². The summed E-state index contributed by atoms with van der Waals surface area (Å²) >= 11 is 0. The van der Waals surface area contributed by atoms with Gasteiger partial charge < -0.3 is 9.47 Å². The van der Waals surface area contributed by atoms with Crippen LogP contribution in [0.4, 0.5) is 0 Å². The molecule has 0 N–H and O–H groups in total. The van der Waals surface area contributed by atoms with Gasteiger partial charge in [-0.1, -0.05) is 42.5 Å². The minimum absolute atomic E-state index is 0.215. The van der Waals surface area contributed by atoms with E-state index in [2.05, 4.69) is 0 Å². The first-order valence-electron chi connectivity index (χ1n) is 6.69. The third-order valence-corrected chi connectivity index (χ3v) is 2.80. The Morgan fingerprint density at radius 3 is 2.50 bits per heavy atom. The van der Waals surface area contributed by atoms with Crippen molar-refractivity contribution in [2.45, 2.75) is 20.0 Å². The molecular formula is C17H18O3. The number of carbonyl (C=O) groups is 1. The van der Waals surface area contributed by atoms with Gasteiger partial charge in [-0.15, -0.1) is 0 Å². The molecule has 0 aromatic heterocycles. The van der Waals surface area contributed by atoms with Crippen molar-refractivity contribution in [3.05, 3.63) is 65.7 Å². The van der Waals surface area contributed by atoms with E-state index in [0.717, 1.165) is 16.9 Å². The molecule has 0 aliphatic rings. The van der Waals surface area contributed by atoms with Crippen molar-refractivity contribution >= 4 is 5.97 Å². The van der Waals surface area contributed by atoms with Gasteiger partial charge in [0.25, 0.3) is 0 Å². The standard InChI is InChI=1S/C17H18O3/c1-2-19-17(18)12-15-9-6-10-16(11-15)20-13-14-7-4-3-5-8-14/h3-11H,2,12-13H2,1H3. The van der Waals surface area contributed by atoms with Crippen LogP contribution in [0, 0.1) is 0 Å². The van der Waals surface area contributed by atoms with E-state index >= 15 is 0 Å². The lowest BCUT2D eigenvalue weighted by Gasteiger charge is -2.08. The molecule has 2 aromatic rings. The first kappa shape index (κ1) is 14.1. The Bertz CT molecular complexity index is 549. The molecule has 0 amide bonds. The highest BCUT2D eigenvalue weighted by atomic mass is 16.5. The van der Waals surface area contributed by atoms with E-state index in [4.69, 9.17) is 9.47 Å². The number of ether oxygens (including phenoxy) is 2. The SMILES string of the molecule is CCOC(=O)Cc1cccc(OCc2ccccc2)c1. The second-order valence-electron chi connectivity index (χ2n) is 4.40. The molecule has 3 nitrogen and oxygen atoms in total. The number of carbonyl (C=O) groups excluding carboxylic acids is 1. The van der Waals surface area contributed by atoms with Crippen molar-refractivity contribution in [2.24, 2.45) is 0 Å². The van der Waals surface area contributed by atoms with Crippen molar-refractivity contribution in [2.75, 3.05) is 6.61 Å². The van der Waals surface area contributed by atoms with Gasteiger partial charge in [0, 0.05) is 0 Å². The van der Waals surface area contributed by atoms with Gasteiger partial charge in [0.15, 0.2) is 0 Å². The fourth-order valence-corrected chi connectivity index (χ4v) is 1.86. The Morgan fingerprint density at radius 2 is 1.75 bits per heavy atom. The first-order chi connectivity index (χ1) is 9.78. The van der Waals surface area contributed by atoms with Crippen LogP contribution in [-0.2, 0) is 22.6 Å². The molecule has 0 unspecified atom stereocenters. The zero-order chi connectivity index (χ0) is 14.2. The van der Waals surface area contributed by atoms with Crippen molar-refractivity contribution in [1.82, 2.24) is 0 Å². The Kier molecular flexibility index (Phi) is 5.18. The summed E-state index contributed by atoms with van der Waals surface area (Å²) in [6.45, 7) is 2.73. The van der Waals surface area contributed by atoms with Crippen molar-refractivity contribution < 1.29 is 14.3 Å². The largest absolute Gasteiger partial charge is 0.489 e. The molecule has 0 aliphatic carbocycles. The molecule has 0 heterocycles. The lowest BCUT2D eigenvalue weighted by molar-refractivity contribution is -0.142. The molecule has 0 bridgehead atoms. The van der Waals surface area contributed by atoms with Crippen molar-refractivity contribution in [3.8, 4) is 5.75 Å². The predicted molar refractivity (Wildman–Crippen MR) is 77.6 cm³/mol. The summed E-state index contributed by atoms with van der Waals surface area (Å²) in [7, 11) is 0. The first-order valence-corrected chi connectivity index (χ1v) is 6.69. The fourth-order valence-electron chi connectivity index (χ4n) is 1.86. The summed E-state index contributed by atoms with van der Waals surface area (Å²) in [6.07, 6.45) is 0.274. The van der Waals surface area contributed by atoms with Gasteiger partial charge in [-0.2, -0.15) is 0 Å². The highest BCUT2D eigenvalue weighted by molar-refractivity contribution is 5.72. The fraction of sp³-hybridized carbons (Fsp3) is 0.235. The average Bonchev–Trinajstić information content (AvgIpc) is 2.47. The van der Waals surface area contributed by atoms with Crippen molar-refractivity contribution in [3.63, 3.8) is 0 Å². The summed E-state index contributed by atoms with van der Waals surface area (Å²) in [5, 5.41) is 0. The second kappa shape index (κ2) is 7.34. The predicted octanol–water partition coefficient (Wildman–Crippen LogP) is 3.37. The van der Waals surface area contributed by atoms with Crippen LogP contribution in [-0.4, -0.2) is 12.6 Å². The highest BCUT2D eigenvalue weighted by Crippen LogP contribution is 2.16. The van der Waals surface area contributed by atoms with E-state index in [-0.39, 0.29) is 12.4 Å². The van der Waals surface area contributed by atoms with Gasteiger partial charge in [0.1, 0.15) is 12.4 Å². The van der Waals surface area contributed by atoms with Gasteiger partial charge in [-0.25, -0.2) is 0 Å². The molecule has 0 saturated heterocycles. The molecule has 0 spiro atoms. The molecule has 0 saturated carbocycles. The zero-order valence-corrected chi connectivity index (χ0v) is 11.5. The van der Waals surface area contributed by atoms with Gasteiger partial charge in [0.05, 0.1) is 13.0 Å². The maximum Gasteiger partial charge on any atom is 0.310 e. The van der Waals surface area contributed by atoms with Crippen LogP contribution in [0.3, 0.4) is 0 Å². The molecular weight excluding hydrogens is 252 g/mol. The Balaban J connectivity index is 1.94. The van der Waals surface area contributed by atoms with Crippen molar-refractivity contribution in [1.29, 1.82) is 0 Å². The molecule has 2 rings (SSSR count). The molecule has 20 heavy (non-hydrogen) atoms. The third kappa shape index (κ3) is 4.43. The monoisotopic (exact) mass is 270 g/mol. The Hall–Kier alpha value is -2.29. The van der Waals surface area contributed by atoms with Crippen LogP contribution >= 0.6 is 0 Å². The Morgan fingerprint density at radius 1 is 1.00 bits per heavy atom. The minimum atomic E-state index is -0.215. The third-order valence-electron chi connectivity index (χ3n) is 2.80. The van der Waals surface area contributed by atoms with Gasteiger partial charge in [-0.05, 0) is 30.2 Å². The van der Waals surface area contributed by atoms with E-state index in [0.29, 0.717) is 13.2 Å².